The molecule has 0 saturated carbocycles. The van der Waals surface area contributed by atoms with Crippen LogP contribution in [0.2, 0.25) is 5.02 Å². The van der Waals surface area contributed by atoms with Gasteiger partial charge in [-0.05, 0) is 25.1 Å². The van der Waals surface area contributed by atoms with Gasteiger partial charge in [-0.25, -0.2) is 14.2 Å². The van der Waals surface area contributed by atoms with Crippen LogP contribution in [-0.2, 0) is 4.74 Å². The molecule has 1 aromatic carbocycles. The Kier molecular flexibility index (Phi) is 4.87. The van der Waals surface area contributed by atoms with E-state index in [2.05, 4.69) is 10.3 Å². The zero-order valence-corrected chi connectivity index (χ0v) is 12.4. The maximum atomic E-state index is 13.2. The molecule has 0 aliphatic heterocycles. The first-order chi connectivity index (χ1) is 9.99. The normalized spacial score (nSPS) is 10.2. The lowest BCUT2D eigenvalue weighted by molar-refractivity contribution is 0.0526. The number of esters is 1. The summed E-state index contributed by atoms with van der Waals surface area (Å²) < 4.78 is 17.9. The molecule has 8 heteroatoms. The predicted octanol–water partition coefficient (Wildman–Crippen LogP) is 3.36. The first-order valence-corrected chi connectivity index (χ1v) is 7.15. The third kappa shape index (κ3) is 3.99. The molecule has 1 heterocycles. The van der Waals surface area contributed by atoms with Crippen LogP contribution in [0.3, 0.4) is 0 Å². The molecule has 0 radical (unpaired) electrons. The number of ether oxygens (including phenoxy) is 1. The fourth-order valence-electron chi connectivity index (χ4n) is 1.49. The molecule has 1 amide bonds. The monoisotopic (exact) mass is 328 g/mol. The number of hydrogen-bond donors (Lipinski definition) is 1. The lowest BCUT2D eigenvalue weighted by atomic mass is 10.3. The highest BCUT2D eigenvalue weighted by molar-refractivity contribution is 7.11. The van der Waals surface area contributed by atoms with E-state index in [0.717, 1.165) is 23.5 Å². The Labute approximate surface area is 128 Å². The van der Waals surface area contributed by atoms with Crippen LogP contribution in [0.5, 0.6) is 0 Å². The molecule has 0 bridgehead atoms. The van der Waals surface area contributed by atoms with Crippen molar-refractivity contribution in [3.8, 4) is 0 Å². The van der Waals surface area contributed by atoms with Gasteiger partial charge >= 0.3 is 5.97 Å². The minimum Gasteiger partial charge on any atom is -0.461 e. The number of halogens is 2. The van der Waals surface area contributed by atoms with E-state index in [4.69, 9.17) is 16.3 Å². The average molecular weight is 329 g/mol. The van der Waals surface area contributed by atoms with Crippen LogP contribution in [0.15, 0.2) is 23.6 Å². The van der Waals surface area contributed by atoms with Crippen molar-refractivity contribution in [2.75, 3.05) is 11.9 Å². The number of carbonyl (C=O) groups excluding carboxylic acids is 2. The smallest absolute Gasteiger partial charge is 0.367 e. The fourth-order valence-corrected chi connectivity index (χ4v) is 2.40. The van der Waals surface area contributed by atoms with E-state index in [9.17, 15) is 14.0 Å². The number of hydrogen-bond acceptors (Lipinski definition) is 5. The Hall–Kier alpha value is -1.99. The van der Waals surface area contributed by atoms with E-state index >= 15 is 0 Å². The number of benzene rings is 1. The van der Waals surface area contributed by atoms with Crippen LogP contribution >= 0.6 is 22.9 Å². The second kappa shape index (κ2) is 6.64. The molecule has 1 aromatic heterocycles. The molecule has 0 spiro atoms. The number of amides is 1. The minimum absolute atomic E-state index is 0.0448. The lowest BCUT2D eigenvalue weighted by Gasteiger charge is -2.04. The maximum Gasteiger partial charge on any atom is 0.367 e. The van der Waals surface area contributed by atoms with Gasteiger partial charge in [-0.15, -0.1) is 11.3 Å². The lowest BCUT2D eigenvalue weighted by Crippen LogP contribution is -2.13. The van der Waals surface area contributed by atoms with E-state index in [1.54, 1.807) is 6.92 Å². The molecule has 1 N–H and O–H groups in total. The van der Waals surface area contributed by atoms with Crippen molar-refractivity contribution in [3.63, 3.8) is 0 Å². The third-order valence-corrected chi connectivity index (χ3v) is 3.35. The van der Waals surface area contributed by atoms with Crippen molar-refractivity contribution >= 4 is 40.5 Å². The van der Waals surface area contributed by atoms with Gasteiger partial charge in [0.1, 0.15) is 11.5 Å². The molecule has 21 heavy (non-hydrogen) atoms. The van der Waals surface area contributed by atoms with Crippen molar-refractivity contribution in [1.29, 1.82) is 0 Å². The standard InChI is InChI=1S/C13H10ClFN2O3S/c1-2-20-13(19)12-17-10(6-21-12)11(18)16-9-4-7(14)3-8(15)5-9/h3-6H,2H2,1H3,(H,16,18). The van der Waals surface area contributed by atoms with Crippen LogP contribution in [0, 0.1) is 5.82 Å². The zero-order chi connectivity index (χ0) is 15.4. The van der Waals surface area contributed by atoms with Crippen molar-refractivity contribution < 1.29 is 18.7 Å². The molecule has 0 atom stereocenters. The molecule has 5 nitrogen and oxygen atoms in total. The maximum absolute atomic E-state index is 13.2. The fraction of sp³-hybridized carbons (Fsp3) is 0.154. The molecule has 0 unspecified atom stereocenters. The summed E-state index contributed by atoms with van der Waals surface area (Å²) in [5.41, 5.74) is 0.249. The van der Waals surface area contributed by atoms with Gasteiger partial charge in [-0.1, -0.05) is 11.6 Å². The van der Waals surface area contributed by atoms with Gasteiger partial charge in [-0.3, -0.25) is 4.79 Å². The number of nitrogens with one attached hydrogen (secondary N) is 1. The number of rotatable bonds is 4. The Morgan fingerprint density at radius 3 is 2.86 bits per heavy atom. The molecular weight excluding hydrogens is 319 g/mol. The summed E-state index contributed by atoms with van der Waals surface area (Å²) in [6.45, 7) is 1.90. The topological polar surface area (TPSA) is 68.3 Å². The van der Waals surface area contributed by atoms with Crippen LogP contribution in [0.25, 0.3) is 0 Å². The summed E-state index contributed by atoms with van der Waals surface area (Å²) in [5.74, 6) is -1.72. The molecule has 0 fully saturated rings. The Balaban J connectivity index is 2.12. The van der Waals surface area contributed by atoms with Gasteiger partial charge in [0.25, 0.3) is 5.91 Å². The predicted molar refractivity (Wildman–Crippen MR) is 77.4 cm³/mol. The van der Waals surface area contributed by atoms with Crippen LogP contribution in [0.1, 0.15) is 27.2 Å². The van der Waals surface area contributed by atoms with E-state index in [1.807, 2.05) is 0 Å². The Morgan fingerprint density at radius 1 is 1.43 bits per heavy atom. The molecular formula is C13H10ClFN2O3S. The van der Waals surface area contributed by atoms with Crippen molar-refractivity contribution in [3.05, 3.63) is 45.1 Å². The van der Waals surface area contributed by atoms with E-state index in [1.165, 1.54) is 11.4 Å². The van der Waals surface area contributed by atoms with Crippen molar-refractivity contribution in [2.24, 2.45) is 0 Å². The van der Waals surface area contributed by atoms with Gasteiger partial charge in [0.2, 0.25) is 5.01 Å². The molecule has 2 rings (SSSR count). The zero-order valence-electron chi connectivity index (χ0n) is 10.9. The summed E-state index contributed by atoms with van der Waals surface area (Å²) in [7, 11) is 0. The van der Waals surface area contributed by atoms with Crippen molar-refractivity contribution in [1.82, 2.24) is 4.98 Å². The molecule has 0 saturated heterocycles. The second-order valence-corrected chi connectivity index (χ2v) is 5.17. The molecule has 0 aliphatic carbocycles. The van der Waals surface area contributed by atoms with Gasteiger partial charge in [0.05, 0.1) is 6.61 Å². The summed E-state index contributed by atoms with van der Waals surface area (Å²) >= 11 is 6.69. The van der Waals surface area contributed by atoms with Gasteiger partial charge < -0.3 is 10.1 Å². The number of nitrogens with zero attached hydrogens (tertiary/aromatic N) is 1. The Morgan fingerprint density at radius 2 is 2.19 bits per heavy atom. The highest BCUT2D eigenvalue weighted by atomic mass is 35.5. The highest BCUT2D eigenvalue weighted by Crippen LogP contribution is 2.19. The third-order valence-electron chi connectivity index (χ3n) is 2.31. The molecule has 110 valence electrons. The second-order valence-electron chi connectivity index (χ2n) is 3.87. The van der Waals surface area contributed by atoms with Gasteiger partial charge in [-0.2, -0.15) is 0 Å². The van der Waals surface area contributed by atoms with Crippen LogP contribution in [-0.4, -0.2) is 23.5 Å². The quantitative estimate of drug-likeness (QED) is 0.874. The number of thiazole rings is 1. The first-order valence-electron chi connectivity index (χ1n) is 5.89. The van der Waals surface area contributed by atoms with E-state index < -0.39 is 17.7 Å². The molecule has 0 aliphatic rings. The Bertz CT molecular complexity index is 670. The van der Waals surface area contributed by atoms with E-state index in [-0.39, 0.29) is 28.0 Å². The minimum atomic E-state index is -0.588. The summed E-state index contributed by atoms with van der Waals surface area (Å²) in [4.78, 5) is 27.3. The van der Waals surface area contributed by atoms with Gasteiger partial charge in [0.15, 0.2) is 0 Å². The summed E-state index contributed by atoms with van der Waals surface area (Å²) in [6, 6.07) is 3.66. The number of anilines is 1. The largest absolute Gasteiger partial charge is 0.461 e. The van der Waals surface area contributed by atoms with E-state index in [0.29, 0.717) is 0 Å². The number of carbonyl (C=O) groups is 2. The average Bonchev–Trinajstić information content (AvgIpc) is 2.87. The highest BCUT2D eigenvalue weighted by Gasteiger charge is 2.16. The first kappa shape index (κ1) is 15.4. The summed E-state index contributed by atoms with van der Waals surface area (Å²) in [5, 5.41) is 4.12. The van der Waals surface area contributed by atoms with Gasteiger partial charge in [0, 0.05) is 16.1 Å². The van der Waals surface area contributed by atoms with Crippen molar-refractivity contribution in [2.45, 2.75) is 6.92 Å². The SMILES string of the molecule is CCOC(=O)c1nc(C(=O)Nc2cc(F)cc(Cl)c2)cs1. The van der Waals surface area contributed by atoms with Crippen LogP contribution in [0.4, 0.5) is 10.1 Å². The van der Waals surface area contributed by atoms with Crippen LogP contribution < -0.4 is 5.32 Å². The number of aromatic nitrogens is 1. The molecule has 2 aromatic rings. The summed E-state index contributed by atoms with van der Waals surface area (Å²) in [6.07, 6.45) is 0.